The van der Waals surface area contributed by atoms with E-state index >= 15 is 0 Å². The topological polar surface area (TPSA) is 43.4 Å². The molecule has 0 aromatic carbocycles. The molecule has 6 atom stereocenters. The van der Waals surface area contributed by atoms with Crippen LogP contribution in [0.4, 0.5) is 0 Å². The fourth-order valence-corrected chi connectivity index (χ4v) is 7.57. The van der Waals surface area contributed by atoms with Gasteiger partial charge >= 0.3 is 5.97 Å². The number of rotatable bonds is 1. The van der Waals surface area contributed by atoms with Gasteiger partial charge < -0.3 is 4.74 Å². The lowest BCUT2D eigenvalue weighted by Gasteiger charge is -2.56. The Bertz CT molecular complexity index is 759. The van der Waals surface area contributed by atoms with Gasteiger partial charge in [-0.15, -0.1) is 0 Å². The zero-order valence-corrected chi connectivity index (χ0v) is 15.6. The summed E-state index contributed by atoms with van der Waals surface area (Å²) in [6.07, 6.45) is 13.8. The molecule has 0 aromatic rings. The minimum Gasteiger partial charge on any atom is -0.451 e. The molecule has 5 rings (SSSR count). The third-order valence-corrected chi connectivity index (χ3v) is 8.60. The molecule has 0 bridgehead atoms. The fourth-order valence-electron chi connectivity index (χ4n) is 7.57. The second kappa shape index (κ2) is 5.43. The Hall–Kier alpha value is -1.64. The minimum absolute atomic E-state index is 0.0861. The zero-order valence-electron chi connectivity index (χ0n) is 15.6. The van der Waals surface area contributed by atoms with Crippen LogP contribution in [-0.2, 0) is 14.3 Å². The number of esters is 1. The number of hydrogen-bond acceptors (Lipinski definition) is 3. The Morgan fingerprint density at radius 2 is 2.04 bits per heavy atom. The number of ether oxygens (including phenoxy) is 1. The van der Waals surface area contributed by atoms with Crippen molar-refractivity contribution in [3.63, 3.8) is 0 Å². The molecule has 0 saturated heterocycles. The summed E-state index contributed by atoms with van der Waals surface area (Å²) in [6.45, 7) is 6.65. The van der Waals surface area contributed by atoms with Gasteiger partial charge in [-0.25, -0.2) is 4.79 Å². The molecule has 26 heavy (non-hydrogen) atoms. The van der Waals surface area contributed by atoms with E-state index in [0.717, 1.165) is 38.5 Å². The van der Waals surface area contributed by atoms with Crippen molar-refractivity contribution in [2.45, 2.75) is 63.9 Å². The van der Waals surface area contributed by atoms with E-state index in [4.69, 9.17) is 4.74 Å². The molecular weight excluding hydrogens is 324 g/mol. The van der Waals surface area contributed by atoms with Gasteiger partial charge in [-0.05, 0) is 86.3 Å². The van der Waals surface area contributed by atoms with Gasteiger partial charge in [0.2, 0.25) is 0 Å². The lowest BCUT2D eigenvalue weighted by atomic mass is 9.49. The van der Waals surface area contributed by atoms with Gasteiger partial charge in [-0.1, -0.05) is 19.1 Å². The van der Waals surface area contributed by atoms with Crippen LogP contribution >= 0.6 is 0 Å². The normalized spacial score (nSPS) is 46.7. The first-order chi connectivity index (χ1) is 12.5. The van der Waals surface area contributed by atoms with Gasteiger partial charge in [0.1, 0.15) is 5.60 Å². The number of hydrogen-bond donors (Lipinski definition) is 0. The van der Waals surface area contributed by atoms with Crippen molar-refractivity contribution in [3.05, 3.63) is 36.0 Å². The highest BCUT2D eigenvalue weighted by atomic mass is 16.6. The summed E-state index contributed by atoms with van der Waals surface area (Å²) in [5.41, 5.74) is 2.17. The minimum atomic E-state index is -0.367. The summed E-state index contributed by atoms with van der Waals surface area (Å²) in [4.78, 5) is 23.9. The summed E-state index contributed by atoms with van der Waals surface area (Å²) in [7, 11) is 0. The van der Waals surface area contributed by atoms with Crippen LogP contribution < -0.4 is 0 Å². The van der Waals surface area contributed by atoms with Gasteiger partial charge in [0.25, 0.3) is 0 Å². The lowest BCUT2D eigenvalue weighted by molar-refractivity contribution is -0.163. The van der Waals surface area contributed by atoms with Crippen molar-refractivity contribution < 1.29 is 14.3 Å². The number of carbonyl (C=O) groups excluding carboxylic acids is 2. The van der Waals surface area contributed by atoms with Crippen molar-refractivity contribution in [2.75, 3.05) is 0 Å². The zero-order chi connectivity index (χ0) is 18.1. The van der Waals surface area contributed by atoms with E-state index < -0.39 is 0 Å². The van der Waals surface area contributed by atoms with Crippen LogP contribution in [-0.4, -0.2) is 17.4 Å². The summed E-state index contributed by atoms with van der Waals surface area (Å²) in [5, 5.41) is 0. The van der Waals surface area contributed by atoms with Crippen LogP contribution in [0.2, 0.25) is 0 Å². The molecule has 5 aliphatic rings. The highest BCUT2D eigenvalue weighted by molar-refractivity contribution is 5.92. The number of carbonyl (C=O) groups is 2. The van der Waals surface area contributed by atoms with Crippen LogP contribution in [0.25, 0.3) is 0 Å². The highest BCUT2D eigenvalue weighted by Crippen LogP contribution is 2.68. The Morgan fingerprint density at radius 3 is 2.77 bits per heavy atom. The smallest absolute Gasteiger partial charge is 0.331 e. The molecule has 3 fully saturated rings. The second-order valence-corrected chi connectivity index (χ2v) is 9.18. The largest absolute Gasteiger partial charge is 0.451 e. The first-order valence-corrected chi connectivity index (χ1v) is 10.3. The maximum absolute atomic E-state index is 11.9. The predicted molar refractivity (Wildman–Crippen MR) is 99.2 cm³/mol. The first kappa shape index (κ1) is 16.5. The van der Waals surface area contributed by atoms with Crippen LogP contribution in [0.1, 0.15) is 58.3 Å². The number of allylic oxidation sites excluding steroid dienone is 2. The third kappa shape index (κ3) is 1.95. The fraction of sp³-hybridized carbons (Fsp3) is 0.652. The van der Waals surface area contributed by atoms with Gasteiger partial charge in [0.15, 0.2) is 5.78 Å². The molecule has 0 aromatic heterocycles. The Balaban J connectivity index is 1.52. The van der Waals surface area contributed by atoms with Gasteiger partial charge in [0, 0.05) is 17.9 Å². The monoisotopic (exact) mass is 352 g/mol. The van der Waals surface area contributed by atoms with E-state index in [1.54, 1.807) is 6.08 Å². The molecule has 3 nitrogen and oxygen atoms in total. The Labute approximate surface area is 155 Å². The van der Waals surface area contributed by atoms with Gasteiger partial charge in [0.05, 0.1) is 0 Å². The molecule has 6 unspecified atom stereocenters. The van der Waals surface area contributed by atoms with Crippen LogP contribution in [0.3, 0.4) is 0 Å². The van der Waals surface area contributed by atoms with E-state index in [2.05, 4.69) is 19.6 Å². The molecule has 138 valence electrons. The summed E-state index contributed by atoms with van der Waals surface area (Å²) in [5.74, 6) is 2.52. The van der Waals surface area contributed by atoms with Crippen molar-refractivity contribution >= 4 is 11.8 Å². The highest BCUT2D eigenvalue weighted by Gasteiger charge is 2.66. The summed E-state index contributed by atoms with van der Waals surface area (Å²) < 4.78 is 5.97. The molecule has 1 aliphatic heterocycles. The summed E-state index contributed by atoms with van der Waals surface area (Å²) in [6, 6.07) is 0. The maximum Gasteiger partial charge on any atom is 0.331 e. The van der Waals surface area contributed by atoms with E-state index in [1.165, 1.54) is 17.6 Å². The average molecular weight is 352 g/mol. The third-order valence-electron chi connectivity index (χ3n) is 8.60. The molecule has 3 heteroatoms. The quantitative estimate of drug-likeness (QED) is 0.651. The maximum atomic E-state index is 11.9. The molecule has 0 amide bonds. The van der Waals surface area contributed by atoms with Crippen molar-refractivity contribution in [1.29, 1.82) is 0 Å². The van der Waals surface area contributed by atoms with E-state index in [-0.39, 0.29) is 22.8 Å². The molecule has 0 radical (unpaired) electrons. The van der Waals surface area contributed by atoms with Crippen molar-refractivity contribution in [3.8, 4) is 0 Å². The van der Waals surface area contributed by atoms with Crippen LogP contribution in [0.15, 0.2) is 36.0 Å². The number of ketones is 1. The van der Waals surface area contributed by atoms with E-state index in [9.17, 15) is 9.59 Å². The van der Waals surface area contributed by atoms with Gasteiger partial charge in [-0.3, -0.25) is 4.79 Å². The Kier molecular flexibility index (Phi) is 3.45. The first-order valence-electron chi connectivity index (χ1n) is 10.3. The molecule has 3 saturated carbocycles. The van der Waals surface area contributed by atoms with Crippen molar-refractivity contribution in [1.82, 2.24) is 0 Å². The predicted octanol–water partition coefficient (Wildman–Crippen LogP) is 4.54. The second-order valence-electron chi connectivity index (χ2n) is 9.18. The standard InChI is InChI=1S/C23H28O3/c1-3-22-9-6-17-16-5-4-15(24)13-18(16)14(2)12-19(17)20(22)7-10-23(22)11-8-21(25)26-23/h8,11,13,16-17,19-20H,2-7,9-10,12H2,1H3. The summed E-state index contributed by atoms with van der Waals surface area (Å²) >= 11 is 0. The molecule has 4 aliphatic carbocycles. The molecule has 0 N–H and O–H groups in total. The van der Waals surface area contributed by atoms with E-state index in [0.29, 0.717) is 30.1 Å². The number of fused-ring (bicyclic) bond motifs is 6. The van der Waals surface area contributed by atoms with Gasteiger partial charge in [-0.2, -0.15) is 0 Å². The Morgan fingerprint density at radius 1 is 1.19 bits per heavy atom. The SMILES string of the molecule is C=C1CC2C(CCC3(CC)C2CCC32C=CC(=O)O2)C2CCC(=O)C=C12. The molecule has 1 spiro atoms. The average Bonchev–Trinajstić information content (AvgIpc) is 3.17. The van der Waals surface area contributed by atoms with Crippen LogP contribution in [0, 0.1) is 29.1 Å². The lowest BCUT2D eigenvalue weighted by Crippen LogP contribution is -2.53. The van der Waals surface area contributed by atoms with E-state index in [1.807, 2.05) is 6.08 Å². The van der Waals surface area contributed by atoms with Crippen LogP contribution in [0.5, 0.6) is 0 Å². The molecular formula is C23H28O3. The van der Waals surface area contributed by atoms with Crippen molar-refractivity contribution in [2.24, 2.45) is 29.1 Å². The molecule has 1 heterocycles.